The Balaban J connectivity index is 1.83. The highest BCUT2D eigenvalue weighted by Crippen LogP contribution is 2.15. The van der Waals surface area contributed by atoms with Gasteiger partial charge in [-0.2, -0.15) is 4.98 Å². The van der Waals surface area contributed by atoms with E-state index in [2.05, 4.69) is 29.0 Å². The third-order valence-corrected chi connectivity index (χ3v) is 4.89. The fourth-order valence-corrected chi connectivity index (χ4v) is 3.60. The number of fused-ring (bicyclic) bond motifs is 1. The third-order valence-electron chi connectivity index (χ3n) is 4.89. The number of hydrogen-bond acceptors (Lipinski definition) is 6. The summed E-state index contributed by atoms with van der Waals surface area (Å²) in [5, 5.41) is 3.99. The van der Waals surface area contributed by atoms with E-state index in [-0.39, 0.29) is 18.4 Å². The second-order valence-corrected chi connectivity index (χ2v) is 8.52. The smallest absolute Gasteiger partial charge is 0.333 e. The lowest BCUT2D eigenvalue weighted by Crippen LogP contribution is -2.41. The van der Waals surface area contributed by atoms with Gasteiger partial charge in [0, 0.05) is 18.7 Å². The molecular weight excluding hydrogens is 396 g/mol. The Morgan fingerprint density at radius 1 is 0.968 bits per heavy atom. The molecule has 0 N–H and O–H groups in total. The molecule has 0 aliphatic rings. The van der Waals surface area contributed by atoms with E-state index < -0.39 is 11.2 Å². The number of hydrogen-bond donors (Lipinski definition) is 0. The van der Waals surface area contributed by atoms with Crippen LogP contribution in [0, 0.1) is 11.8 Å². The van der Waals surface area contributed by atoms with E-state index in [4.69, 9.17) is 4.52 Å². The monoisotopic (exact) mass is 422 g/mol. The minimum atomic E-state index is -0.430. The zero-order valence-electron chi connectivity index (χ0n) is 18.1. The molecule has 0 saturated carbocycles. The van der Waals surface area contributed by atoms with Crippen LogP contribution < -0.4 is 11.2 Å². The maximum absolute atomic E-state index is 13.3. The van der Waals surface area contributed by atoms with Crippen LogP contribution in [0.3, 0.4) is 0 Å². The van der Waals surface area contributed by atoms with Crippen molar-refractivity contribution in [1.82, 2.24) is 28.8 Å². The van der Waals surface area contributed by atoms with E-state index in [1.807, 2.05) is 48.7 Å². The van der Waals surface area contributed by atoms with Crippen molar-refractivity contribution in [2.24, 2.45) is 11.8 Å². The minimum absolute atomic E-state index is 0.0988. The second kappa shape index (κ2) is 8.33. The molecule has 0 bridgehead atoms. The molecule has 31 heavy (non-hydrogen) atoms. The number of imidazole rings is 1. The summed E-state index contributed by atoms with van der Waals surface area (Å²) >= 11 is 0. The van der Waals surface area contributed by atoms with E-state index in [0.717, 1.165) is 10.1 Å². The Morgan fingerprint density at radius 2 is 1.68 bits per heavy atom. The number of benzene rings is 1. The molecule has 9 nitrogen and oxygen atoms in total. The number of aromatic nitrogens is 6. The summed E-state index contributed by atoms with van der Waals surface area (Å²) < 4.78 is 9.89. The van der Waals surface area contributed by atoms with E-state index >= 15 is 0 Å². The zero-order chi connectivity index (χ0) is 22.1. The molecule has 3 aromatic heterocycles. The van der Waals surface area contributed by atoms with Gasteiger partial charge in [-0.3, -0.25) is 9.36 Å². The van der Waals surface area contributed by atoms with Crippen molar-refractivity contribution in [3.05, 3.63) is 63.4 Å². The minimum Gasteiger partial charge on any atom is -0.337 e. The fraction of sp³-hybridized carbons (Fsp3) is 0.409. The summed E-state index contributed by atoms with van der Waals surface area (Å²) in [6.07, 6.45) is 1.63. The summed E-state index contributed by atoms with van der Waals surface area (Å²) in [7, 11) is 0. The first-order valence-corrected chi connectivity index (χ1v) is 10.4. The van der Waals surface area contributed by atoms with Gasteiger partial charge in [0.2, 0.25) is 11.7 Å². The second-order valence-electron chi connectivity index (χ2n) is 8.52. The molecule has 9 heteroatoms. The normalized spacial score (nSPS) is 11.8. The van der Waals surface area contributed by atoms with Crippen molar-refractivity contribution in [2.75, 3.05) is 0 Å². The van der Waals surface area contributed by atoms with Gasteiger partial charge in [-0.05, 0) is 11.8 Å². The first-order valence-electron chi connectivity index (χ1n) is 10.4. The quantitative estimate of drug-likeness (QED) is 0.454. The van der Waals surface area contributed by atoms with Gasteiger partial charge in [0.15, 0.2) is 11.2 Å². The predicted octanol–water partition coefficient (Wildman–Crippen LogP) is 2.77. The first-order chi connectivity index (χ1) is 14.8. The summed E-state index contributed by atoms with van der Waals surface area (Å²) in [5.74, 6) is 1.13. The van der Waals surface area contributed by atoms with Crippen LogP contribution in [-0.2, 0) is 19.6 Å². The predicted molar refractivity (Wildman–Crippen MR) is 117 cm³/mol. The molecule has 0 aliphatic heterocycles. The maximum Gasteiger partial charge on any atom is 0.333 e. The van der Waals surface area contributed by atoms with Gasteiger partial charge in [-0.1, -0.05) is 63.2 Å². The Kier molecular flexibility index (Phi) is 5.58. The van der Waals surface area contributed by atoms with E-state index in [9.17, 15) is 9.59 Å². The third kappa shape index (κ3) is 4.08. The van der Waals surface area contributed by atoms with Crippen molar-refractivity contribution in [2.45, 2.75) is 47.3 Å². The molecule has 1 aromatic carbocycles. The highest BCUT2D eigenvalue weighted by atomic mass is 16.5. The lowest BCUT2D eigenvalue weighted by Gasteiger charge is -2.13. The van der Waals surface area contributed by atoms with Crippen molar-refractivity contribution >= 4 is 11.2 Å². The number of rotatable bonds is 7. The summed E-state index contributed by atoms with van der Waals surface area (Å²) in [6.45, 7) is 9.15. The van der Waals surface area contributed by atoms with Crippen molar-refractivity contribution in [3.63, 3.8) is 0 Å². The summed E-state index contributed by atoms with van der Waals surface area (Å²) in [4.78, 5) is 35.3. The summed E-state index contributed by atoms with van der Waals surface area (Å²) in [6, 6.07) is 9.39. The first kappa shape index (κ1) is 20.8. The standard InChI is InChI=1S/C22H26N6O3/c1-14(2)10-26-13-23-20-18(26)21(29)28(22(30)27(20)11-15(3)4)12-17-24-19(25-31-17)16-8-6-5-7-9-16/h5-9,13-15H,10-12H2,1-4H3. The SMILES string of the molecule is CC(C)Cn1cnc2c1c(=O)n(Cc1nc(-c3ccccc3)no1)c(=O)n2CC(C)C. The zero-order valence-corrected chi connectivity index (χ0v) is 18.1. The lowest BCUT2D eigenvalue weighted by molar-refractivity contribution is 0.365. The van der Waals surface area contributed by atoms with Gasteiger partial charge in [0.1, 0.15) is 6.54 Å². The molecular formula is C22H26N6O3. The van der Waals surface area contributed by atoms with E-state index in [1.165, 1.54) is 0 Å². The Labute approximate surface area is 179 Å². The fourth-order valence-electron chi connectivity index (χ4n) is 3.60. The Morgan fingerprint density at radius 3 is 2.35 bits per heavy atom. The van der Waals surface area contributed by atoms with Gasteiger partial charge in [-0.15, -0.1) is 0 Å². The Hall–Kier alpha value is -3.49. The van der Waals surface area contributed by atoms with Crippen LogP contribution >= 0.6 is 0 Å². The maximum atomic E-state index is 13.3. The van der Waals surface area contributed by atoms with Crippen molar-refractivity contribution in [1.29, 1.82) is 0 Å². The van der Waals surface area contributed by atoms with Crippen LogP contribution in [0.5, 0.6) is 0 Å². The van der Waals surface area contributed by atoms with E-state index in [1.54, 1.807) is 10.9 Å². The Bertz CT molecular complexity index is 1310. The lowest BCUT2D eigenvalue weighted by atomic mass is 10.2. The molecule has 0 radical (unpaired) electrons. The highest BCUT2D eigenvalue weighted by molar-refractivity contribution is 5.70. The molecule has 4 rings (SSSR count). The molecule has 0 aliphatic carbocycles. The molecule has 162 valence electrons. The molecule has 4 aromatic rings. The van der Waals surface area contributed by atoms with Crippen molar-refractivity contribution in [3.8, 4) is 11.4 Å². The average molecular weight is 422 g/mol. The largest absolute Gasteiger partial charge is 0.337 e. The summed E-state index contributed by atoms with van der Waals surface area (Å²) in [5.41, 5.74) is 0.790. The van der Waals surface area contributed by atoms with Gasteiger partial charge < -0.3 is 9.09 Å². The van der Waals surface area contributed by atoms with Gasteiger partial charge in [0.05, 0.1) is 6.33 Å². The highest BCUT2D eigenvalue weighted by Gasteiger charge is 2.21. The molecule has 0 amide bonds. The van der Waals surface area contributed by atoms with Crippen LogP contribution in [0.2, 0.25) is 0 Å². The van der Waals surface area contributed by atoms with Gasteiger partial charge in [-0.25, -0.2) is 14.3 Å². The van der Waals surface area contributed by atoms with Gasteiger partial charge in [0.25, 0.3) is 5.56 Å². The number of nitrogens with zero attached hydrogens (tertiary/aromatic N) is 6. The molecule has 0 saturated heterocycles. The van der Waals surface area contributed by atoms with E-state index in [0.29, 0.717) is 36.0 Å². The average Bonchev–Trinajstić information content (AvgIpc) is 3.36. The van der Waals surface area contributed by atoms with Crippen molar-refractivity contribution < 1.29 is 4.52 Å². The molecule has 0 unspecified atom stereocenters. The van der Waals surface area contributed by atoms with Crippen LogP contribution in [0.25, 0.3) is 22.6 Å². The van der Waals surface area contributed by atoms with Crippen LogP contribution in [0.15, 0.2) is 50.8 Å². The van der Waals surface area contributed by atoms with Crippen LogP contribution in [0.4, 0.5) is 0 Å². The van der Waals surface area contributed by atoms with Crippen LogP contribution in [0.1, 0.15) is 33.6 Å². The molecule has 0 atom stereocenters. The molecule has 0 fully saturated rings. The molecule has 3 heterocycles. The van der Waals surface area contributed by atoms with Crippen LogP contribution in [-0.4, -0.2) is 28.8 Å². The van der Waals surface area contributed by atoms with Gasteiger partial charge >= 0.3 is 5.69 Å². The topological polar surface area (TPSA) is 101 Å². The molecule has 0 spiro atoms.